The van der Waals surface area contributed by atoms with Gasteiger partial charge >= 0.3 is 9.28 Å². The van der Waals surface area contributed by atoms with Crippen LogP contribution in [0, 0.1) is 0 Å². The van der Waals surface area contributed by atoms with Crippen LogP contribution in [0.3, 0.4) is 0 Å². The van der Waals surface area contributed by atoms with E-state index in [1.165, 1.54) is 19.3 Å². The van der Waals surface area contributed by atoms with Gasteiger partial charge in [0.25, 0.3) is 0 Å². The third-order valence-corrected chi connectivity index (χ3v) is 4.72. The predicted octanol–water partition coefficient (Wildman–Crippen LogP) is 3.52. The molecule has 0 aromatic carbocycles. The highest BCUT2D eigenvalue weighted by atomic mass is 28.3. The first kappa shape index (κ1) is 14.1. The summed E-state index contributed by atoms with van der Waals surface area (Å²) in [6, 6.07) is 0. The number of hydrogen-bond acceptors (Lipinski definition) is 2. The van der Waals surface area contributed by atoms with Crippen LogP contribution in [0.1, 0.15) is 53.9 Å². The van der Waals surface area contributed by atoms with Crippen LogP contribution in [-0.2, 0) is 8.85 Å². The lowest BCUT2D eigenvalue weighted by Crippen LogP contribution is -2.35. The Morgan fingerprint density at radius 3 is 1.86 bits per heavy atom. The molecule has 0 aliphatic rings. The summed E-state index contributed by atoms with van der Waals surface area (Å²) in [6.07, 6.45) is 3.72. The molecule has 0 aromatic heterocycles. The monoisotopic (exact) mass is 217 g/mol. The van der Waals surface area contributed by atoms with Crippen molar-refractivity contribution in [2.45, 2.75) is 58.9 Å². The summed E-state index contributed by atoms with van der Waals surface area (Å²) in [4.78, 5) is 0. The number of unbranched alkanes of at least 4 members (excludes halogenated alkanes) is 1. The second-order valence-electron chi connectivity index (χ2n) is 4.14. The molecule has 85 valence electrons. The van der Waals surface area contributed by atoms with Crippen LogP contribution in [0.4, 0.5) is 0 Å². The summed E-state index contributed by atoms with van der Waals surface area (Å²) in [5.74, 6) is 0. The molecule has 0 bridgehead atoms. The van der Waals surface area contributed by atoms with Gasteiger partial charge in [0.2, 0.25) is 0 Å². The molecular formula is C11H25O2Si. The molecule has 1 radical (unpaired) electrons. The summed E-state index contributed by atoms with van der Waals surface area (Å²) in [5, 5.41) is 0.229. The highest BCUT2D eigenvalue weighted by molar-refractivity contribution is 6.48. The number of hydrogen-bond donors (Lipinski definition) is 0. The van der Waals surface area contributed by atoms with Crippen molar-refractivity contribution >= 4 is 9.28 Å². The fourth-order valence-corrected chi connectivity index (χ4v) is 3.19. The van der Waals surface area contributed by atoms with Crippen molar-refractivity contribution in [3.05, 3.63) is 0 Å². The van der Waals surface area contributed by atoms with Crippen molar-refractivity contribution in [3.8, 4) is 0 Å². The molecule has 0 unspecified atom stereocenters. The molecule has 0 saturated heterocycles. The van der Waals surface area contributed by atoms with E-state index in [1.54, 1.807) is 0 Å². The van der Waals surface area contributed by atoms with Gasteiger partial charge in [-0.15, -0.1) is 0 Å². The van der Waals surface area contributed by atoms with E-state index in [1.807, 2.05) is 13.8 Å². The van der Waals surface area contributed by atoms with E-state index in [0.29, 0.717) is 0 Å². The summed E-state index contributed by atoms with van der Waals surface area (Å²) < 4.78 is 11.4. The van der Waals surface area contributed by atoms with E-state index in [4.69, 9.17) is 8.85 Å². The highest BCUT2D eigenvalue weighted by Gasteiger charge is 2.35. The molecule has 0 amide bonds. The molecule has 0 aliphatic heterocycles. The zero-order valence-corrected chi connectivity index (χ0v) is 11.4. The standard InChI is InChI=1S/C11H25O2Si/c1-6-9-10-11(4,5)14(12-7-2)13-8-3/h6-10H2,1-5H3. The molecule has 0 aliphatic carbocycles. The normalized spacial score (nSPS) is 12.4. The SMILES string of the molecule is CCCCC(C)(C)[Si](OCC)OCC. The Bertz CT molecular complexity index is 131. The summed E-state index contributed by atoms with van der Waals surface area (Å²) in [7, 11) is -1.10. The van der Waals surface area contributed by atoms with Crippen LogP contribution in [0.15, 0.2) is 0 Å². The maximum absolute atomic E-state index is 5.72. The third kappa shape index (κ3) is 5.13. The molecule has 2 nitrogen and oxygen atoms in total. The molecule has 0 heterocycles. The molecule has 0 atom stereocenters. The van der Waals surface area contributed by atoms with Crippen molar-refractivity contribution in [3.63, 3.8) is 0 Å². The Balaban J connectivity index is 4.13. The van der Waals surface area contributed by atoms with Crippen molar-refractivity contribution in [2.75, 3.05) is 13.2 Å². The molecular weight excluding hydrogens is 192 g/mol. The van der Waals surface area contributed by atoms with Gasteiger partial charge in [-0.3, -0.25) is 0 Å². The predicted molar refractivity (Wildman–Crippen MR) is 62.6 cm³/mol. The Labute approximate surface area is 90.8 Å². The van der Waals surface area contributed by atoms with E-state index >= 15 is 0 Å². The topological polar surface area (TPSA) is 18.5 Å². The summed E-state index contributed by atoms with van der Waals surface area (Å²) >= 11 is 0. The highest BCUT2D eigenvalue weighted by Crippen LogP contribution is 2.35. The molecule has 0 N–H and O–H groups in total. The fraction of sp³-hybridized carbons (Fsp3) is 1.00. The zero-order valence-electron chi connectivity index (χ0n) is 10.4. The second-order valence-corrected chi connectivity index (χ2v) is 6.65. The van der Waals surface area contributed by atoms with Crippen LogP contribution >= 0.6 is 0 Å². The van der Waals surface area contributed by atoms with Gasteiger partial charge in [-0.05, 0) is 20.3 Å². The summed E-state index contributed by atoms with van der Waals surface area (Å²) in [6.45, 7) is 12.4. The van der Waals surface area contributed by atoms with E-state index in [0.717, 1.165) is 13.2 Å². The number of rotatable bonds is 8. The van der Waals surface area contributed by atoms with Crippen LogP contribution in [0.25, 0.3) is 0 Å². The third-order valence-electron chi connectivity index (χ3n) is 2.26. The minimum Gasteiger partial charge on any atom is -0.393 e. The van der Waals surface area contributed by atoms with E-state index in [-0.39, 0.29) is 5.04 Å². The average Bonchev–Trinajstić information content (AvgIpc) is 2.14. The lowest BCUT2D eigenvalue weighted by Gasteiger charge is -2.30. The molecule has 0 aromatic rings. The lowest BCUT2D eigenvalue weighted by atomic mass is 10.1. The smallest absolute Gasteiger partial charge is 0.390 e. The van der Waals surface area contributed by atoms with E-state index in [2.05, 4.69) is 20.8 Å². The molecule has 0 saturated carbocycles. The van der Waals surface area contributed by atoms with Gasteiger partial charge in [-0.1, -0.05) is 33.6 Å². The molecule has 3 heteroatoms. The van der Waals surface area contributed by atoms with Crippen molar-refractivity contribution < 1.29 is 8.85 Å². The van der Waals surface area contributed by atoms with Crippen LogP contribution in [-0.4, -0.2) is 22.5 Å². The fourth-order valence-electron chi connectivity index (χ4n) is 1.42. The minimum atomic E-state index is -1.10. The Morgan fingerprint density at radius 1 is 1.00 bits per heavy atom. The van der Waals surface area contributed by atoms with E-state index in [9.17, 15) is 0 Å². The first-order valence-corrected chi connectivity index (χ1v) is 7.03. The first-order chi connectivity index (χ1) is 6.58. The van der Waals surface area contributed by atoms with Gasteiger partial charge in [0, 0.05) is 18.3 Å². The van der Waals surface area contributed by atoms with Crippen LogP contribution < -0.4 is 0 Å². The Hall–Kier alpha value is 0.137. The minimum absolute atomic E-state index is 0.229. The van der Waals surface area contributed by atoms with Gasteiger partial charge in [0.05, 0.1) is 0 Å². The van der Waals surface area contributed by atoms with Gasteiger partial charge < -0.3 is 8.85 Å². The van der Waals surface area contributed by atoms with Crippen LogP contribution in [0.5, 0.6) is 0 Å². The summed E-state index contributed by atoms with van der Waals surface area (Å²) in [5.41, 5.74) is 0. The Morgan fingerprint density at radius 2 is 1.50 bits per heavy atom. The second kappa shape index (κ2) is 7.43. The average molecular weight is 217 g/mol. The maximum atomic E-state index is 5.72. The molecule has 0 spiro atoms. The Kier molecular flexibility index (Phi) is 7.50. The maximum Gasteiger partial charge on any atom is 0.390 e. The largest absolute Gasteiger partial charge is 0.393 e. The van der Waals surface area contributed by atoms with Gasteiger partial charge in [-0.2, -0.15) is 0 Å². The molecule has 14 heavy (non-hydrogen) atoms. The van der Waals surface area contributed by atoms with Gasteiger partial charge in [0.1, 0.15) is 0 Å². The van der Waals surface area contributed by atoms with Crippen molar-refractivity contribution in [1.82, 2.24) is 0 Å². The molecule has 0 rings (SSSR count). The molecule has 0 fully saturated rings. The van der Waals surface area contributed by atoms with Gasteiger partial charge in [-0.25, -0.2) is 0 Å². The van der Waals surface area contributed by atoms with Gasteiger partial charge in [0.15, 0.2) is 0 Å². The van der Waals surface area contributed by atoms with Crippen LogP contribution in [0.2, 0.25) is 5.04 Å². The van der Waals surface area contributed by atoms with Crippen molar-refractivity contribution in [1.29, 1.82) is 0 Å². The lowest BCUT2D eigenvalue weighted by molar-refractivity contribution is 0.187. The zero-order chi connectivity index (χ0) is 11.0. The van der Waals surface area contributed by atoms with Crippen molar-refractivity contribution in [2.24, 2.45) is 0 Å². The quantitative estimate of drug-likeness (QED) is 0.579. The first-order valence-electron chi connectivity index (χ1n) is 5.71. The van der Waals surface area contributed by atoms with E-state index < -0.39 is 9.28 Å².